The average Bonchev–Trinajstić information content (AvgIpc) is 2.57. The molecular weight excluding hydrogens is 313 g/mol. The normalized spacial score (nSPS) is 15.2. The molecule has 0 bridgehead atoms. The number of carbonyl (C=O) groups excluding carboxylic acids is 1. The van der Waals surface area contributed by atoms with Crippen molar-refractivity contribution in [3.8, 4) is 0 Å². The number of rotatable bonds is 3. The molecule has 2 N–H and O–H groups in total. The minimum Gasteiger partial charge on any atom is -0.427 e. The summed E-state index contributed by atoms with van der Waals surface area (Å²) in [6, 6.07) is 4.26. The Bertz CT molecular complexity index is 796. The third-order valence-corrected chi connectivity index (χ3v) is 4.11. The first-order valence-corrected chi connectivity index (χ1v) is 7.83. The van der Waals surface area contributed by atoms with Crippen molar-refractivity contribution in [1.29, 1.82) is 0 Å². The van der Waals surface area contributed by atoms with Crippen LogP contribution in [0.2, 0.25) is 0 Å². The molecule has 1 fully saturated rings. The molecule has 1 aliphatic rings. The fourth-order valence-electron chi connectivity index (χ4n) is 2.84. The fourth-order valence-corrected chi connectivity index (χ4v) is 2.84. The van der Waals surface area contributed by atoms with E-state index in [1.807, 2.05) is 0 Å². The van der Waals surface area contributed by atoms with E-state index in [1.54, 1.807) is 13.0 Å². The number of hydrogen-bond acceptors (Lipinski definition) is 5. The van der Waals surface area contributed by atoms with Crippen LogP contribution in [0, 0.1) is 12.7 Å². The molecule has 126 valence electrons. The van der Waals surface area contributed by atoms with E-state index in [1.165, 1.54) is 12.1 Å². The van der Waals surface area contributed by atoms with Crippen molar-refractivity contribution >= 4 is 11.7 Å². The molecule has 0 aromatic carbocycles. The molecule has 0 unspecified atom stereocenters. The van der Waals surface area contributed by atoms with Gasteiger partial charge in [0.1, 0.15) is 23.0 Å². The van der Waals surface area contributed by atoms with Gasteiger partial charge >= 0.3 is 5.63 Å². The van der Waals surface area contributed by atoms with Gasteiger partial charge in [-0.15, -0.1) is 0 Å². The zero-order chi connectivity index (χ0) is 17.1. The van der Waals surface area contributed by atoms with Gasteiger partial charge in [0, 0.05) is 5.92 Å². The molecule has 0 spiro atoms. The molecule has 3 heterocycles. The largest absolute Gasteiger partial charge is 0.427 e. The maximum absolute atomic E-state index is 12.9. The van der Waals surface area contributed by atoms with Gasteiger partial charge in [-0.25, -0.2) is 14.2 Å². The highest BCUT2D eigenvalue weighted by Crippen LogP contribution is 2.25. The highest BCUT2D eigenvalue weighted by atomic mass is 19.1. The van der Waals surface area contributed by atoms with E-state index in [0.29, 0.717) is 11.3 Å². The minimum atomic E-state index is -0.664. The van der Waals surface area contributed by atoms with Gasteiger partial charge in [0.05, 0.1) is 6.20 Å². The van der Waals surface area contributed by atoms with Crippen LogP contribution < -0.4 is 16.3 Å². The van der Waals surface area contributed by atoms with Gasteiger partial charge in [-0.05, 0) is 56.6 Å². The standard InChI is InChI=1S/C17H18FN3O3/c1-10-8-13(11-4-6-19-7-5-11)24-17(23)15(10)16(22)21-14-3-2-12(18)9-20-14/h2-3,8-9,11,19H,4-7H2,1H3,(H,20,21,22). The Balaban J connectivity index is 1.83. The first kappa shape index (κ1) is 16.3. The molecule has 1 saturated heterocycles. The zero-order valence-electron chi connectivity index (χ0n) is 13.3. The van der Waals surface area contributed by atoms with E-state index in [0.717, 1.165) is 32.1 Å². The lowest BCUT2D eigenvalue weighted by atomic mass is 9.94. The van der Waals surface area contributed by atoms with Crippen molar-refractivity contribution in [3.05, 3.63) is 57.5 Å². The van der Waals surface area contributed by atoms with Crippen molar-refractivity contribution in [3.63, 3.8) is 0 Å². The number of anilines is 1. The predicted octanol–water partition coefficient (Wildman–Crippen LogP) is 2.20. The Morgan fingerprint density at radius 3 is 2.75 bits per heavy atom. The van der Waals surface area contributed by atoms with E-state index in [9.17, 15) is 14.0 Å². The van der Waals surface area contributed by atoms with Crippen molar-refractivity contribution in [2.45, 2.75) is 25.7 Å². The van der Waals surface area contributed by atoms with Crippen molar-refractivity contribution < 1.29 is 13.6 Å². The summed E-state index contributed by atoms with van der Waals surface area (Å²) in [4.78, 5) is 28.3. The van der Waals surface area contributed by atoms with Gasteiger partial charge < -0.3 is 15.1 Å². The van der Waals surface area contributed by atoms with Crippen molar-refractivity contribution in [1.82, 2.24) is 10.3 Å². The Morgan fingerprint density at radius 2 is 2.12 bits per heavy atom. The Labute approximate surface area is 138 Å². The van der Waals surface area contributed by atoms with Crippen LogP contribution in [0.25, 0.3) is 0 Å². The van der Waals surface area contributed by atoms with E-state index < -0.39 is 17.3 Å². The number of amides is 1. The number of halogens is 1. The summed E-state index contributed by atoms with van der Waals surface area (Å²) in [6.07, 6.45) is 2.78. The monoisotopic (exact) mass is 331 g/mol. The predicted molar refractivity (Wildman–Crippen MR) is 86.7 cm³/mol. The molecule has 0 atom stereocenters. The highest BCUT2D eigenvalue weighted by Gasteiger charge is 2.22. The van der Waals surface area contributed by atoms with Crippen molar-refractivity contribution in [2.75, 3.05) is 18.4 Å². The quantitative estimate of drug-likeness (QED) is 0.901. The second-order valence-corrected chi connectivity index (χ2v) is 5.83. The minimum absolute atomic E-state index is 0.0567. The molecule has 3 rings (SSSR count). The van der Waals surface area contributed by atoms with E-state index in [4.69, 9.17) is 4.42 Å². The summed E-state index contributed by atoms with van der Waals surface area (Å²) in [6.45, 7) is 3.46. The topological polar surface area (TPSA) is 84.2 Å². The molecule has 2 aromatic heterocycles. The van der Waals surface area contributed by atoms with Crippen LogP contribution in [0.15, 0.2) is 33.6 Å². The number of nitrogens with zero attached hydrogens (tertiary/aromatic N) is 1. The summed E-state index contributed by atoms with van der Waals surface area (Å²) >= 11 is 0. The number of piperidine rings is 1. The number of aryl methyl sites for hydroxylation is 1. The van der Waals surface area contributed by atoms with Gasteiger partial charge in [0.2, 0.25) is 0 Å². The van der Waals surface area contributed by atoms with Crippen LogP contribution in [0.3, 0.4) is 0 Å². The van der Waals surface area contributed by atoms with Crippen LogP contribution in [-0.4, -0.2) is 24.0 Å². The first-order valence-electron chi connectivity index (χ1n) is 7.83. The Kier molecular flexibility index (Phi) is 4.71. The molecular formula is C17H18FN3O3. The zero-order valence-corrected chi connectivity index (χ0v) is 13.3. The molecule has 24 heavy (non-hydrogen) atoms. The van der Waals surface area contributed by atoms with Gasteiger partial charge in [-0.3, -0.25) is 4.79 Å². The highest BCUT2D eigenvalue weighted by molar-refractivity contribution is 6.04. The van der Waals surface area contributed by atoms with Gasteiger partial charge in [-0.2, -0.15) is 0 Å². The Hall–Kier alpha value is -2.54. The number of aromatic nitrogens is 1. The SMILES string of the molecule is Cc1cc(C2CCNCC2)oc(=O)c1C(=O)Nc1ccc(F)cn1. The Morgan fingerprint density at radius 1 is 1.38 bits per heavy atom. The van der Waals surface area contributed by atoms with E-state index in [2.05, 4.69) is 15.6 Å². The van der Waals surface area contributed by atoms with Crippen LogP contribution >= 0.6 is 0 Å². The molecule has 7 heteroatoms. The molecule has 1 aliphatic heterocycles. The van der Waals surface area contributed by atoms with Gasteiger partial charge in [0.25, 0.3) is 5.91 Å². The lowest BCUT2D eigenvalue weighted by Crippen LogP contribution is -2.28. The number of pyridine rings is 1. The third-order valence-electron chi connectivity index (χ3n) is 4.11. The van der Waals surface area contributed by atoms with Crippen LogP contribution in [0.5, 0.6) is 0 Å². The molecule has 1 amide bonds. The smallest absolute Gasteiger partial charge is 0.349 e. The van der Waals surface area contributed by atoms with E-state index in [-0.39, 0.29) is 17.3 Å². The van der Waals surface area contributed by atoms with Crippen LogP contribution in [0.1, 0.15) is 40.4 Å². The molecule has 6 nitrogen and oxygen atoms in total. The number of carbonyl (C=O) groups is 1. The van der Waals surface area contributed by atoms with E-state index >= 15 is 0 Å². The second kappa shape index (κ2) is 6.92. The molecule has 0 aliphatic carbocycles. The maximum Gasteiger partial charge on any atom is 0.349 e. The summed E-state index contributed by atoms with van der Waals surface area (Å²) in [5.74, 6) is -0.140. The number of nitrogens with one attached hydrogen (secondary N) is 2. The fraction of sp³-hybridized carbons (Fsp3) is 0.353. The van der Waals surface area contributed by atoms with Gasteiger partial charge in [0.15, 0.2) is 0 Å². The summed E-state index contributed by atoms with van der Waals surface area (Å²) in [7, 11) is 0. The lowest BCUT2D eigenvalue weighted by Gasteiger charge is -2.21. The van der Waals surface area contributed by atoms with Crippen molar-refractivity contribution in [2.24, 2.45) is 0 Å². The van der Waals surface area contributed by atoms with Crippen LogP contribution in [-0.2, 0) is 0 Å². The van der Waals surface area contributed by atoms with Crippen LogP contribution in [0.4, 0.5) is 10.2 Å². The lowest BCUT2D eigenvalue weighted by molar-refractivity contribution is 0.102. The maximum atomic E-state index is 12.9. The van der Waals surface area contributed by atoms with Gasteiger partial charge in [-0.1, -0.05) is 0 Å². The molecule has 0 saturated carbocycles. The number of hydrogen-bond donors (Lipinski definition) is 2. The summed E-state index contributed by atoms with van der Waals surface area (Å²) in [5.41, 5.74) is -0.165. The second-order valence-electron chi connectivity index (χ2n) is 5.83. The summed E-state index contributed by atoms with van der Waals surface area (Å²) in [5, 5.41) is 5.74. The first-order chi connectivity index (χ1) is 11.5. The molecule has 0 radical (unpaired) electrons. The third kappa shape index (κ3) is 3.51. The molecule has 2 aromatic rings. The summed E-state index contributed by atoms with van der Waals surface area (Å²) < 4.78 is 18.2. The average molecular weight is 331 g/mol.